The van der Waals surface area contributed by atoms with E-state index in [0.717, 1.165) is 17.8 Å². The van der Waals surface area contributed by atoms with E-state index in [2.05, 4.69) is 21.5 Å². The number of carbonyl (C=O) groups excluding carboxylic acids is 1. The van der Waals surface area contributed by atoms with Crippen molar-refractivity contribution >= 4 is 11.7 Å². The molecule has 112 valence electrons. The fourth-order valence-corrected chi connectivity index (χ4v) is 1.80. The molecular formula is C16H13F2N3O. The van der Waals surface area contributed by atoms with Gasteiger partial charge in [-0.05, 0) is 31.2 Å². The molecule has 0 fully saturated rings. The second kappa shape index (κ2) is 6.68. The number of aryl methyl sites for hydroxylation is 1. The lowest BCUT2D eigenvalue weighted by molar-refractivity contribution is 0.251. The second-order valence-electron chi connectivity index (χ2n) is 4.54. The Balaban J connectivity index is 2.02. The summed E-state index contributed by atoms with van der Waals surface area (Å²) in [6.07, 6.45) is 5.07. The predicted octanol–water partition coefficient (Wildman–Crippen LogP) is 2.97. The Bertz CT molecular complexity index is 730. The van der Waals surface area contributed by atoms with Crippen LogP contribution in [0.15, 0.2) is 30.3 Å². The number of nitrogens with zero attached hydrogens (tertiary/aromatic N) is 1. The van der Waals surface area contributed by atoms with Crippen molar-refractivity contribution in [3.8, 4) is 12.3 Å². The molecule has 22 heavy (non-hydrogen) atoms. The van der Waals surface area contributed by atoms with E-state index in [1.807, 2.05) is 13.0 Å². The first-order valence-corrected chi connectivity index (χ1v) is 6.42. The van der Waals surface area contributed by atoms with Gasteiger partial charge in [-0.25, -0.2) is 13.6 Å². The van der Waals surface area contributed by atoms with Gasteiger partial charge < -0.3 is 10.6 Å². The maximum Gasteiger partial charge on any atom is 0.319 e. The molecule has 2 amide bonds. The number of halogens is 2. The average Bonchev–Trinajstić information content (AvgIpc) is 2.48. The lowest BCUT2D eigenvalue weighted by Crippen LogP contribution is -2.29. The Morgan fingerprint density at radius 1 is 1.32 bits per heavy atom. The van der Waals surface area contributed by atoms with Crippen molar-refractivity contribution in [1.82, 2.24) is 10.3 Å². The summed E-state index contributed by atoms with van der Waals surface area (Å²) in [7, 11) is 0. The fourth-order valence-electron chi connectivity index (χ4n) is 1.80. The van der Waals surface area contributed by atoms with Crippen LogP contribution in [-0.4, -0.2) is 11.0 Å². The summed E-state index contributed by atoms with van der Waals surface area (Å²) in [6.45, 7) is 1.96. The van der Waals surface area contributed by atoms with E-state index in [9.17, 15) is 13.6 Å². The van der Waals surface area contributed by atoms with Crippen molar-refractivity contribution in [3.05, 3.63) is 58.9 Å². The van der Waals surface area contributed by atoms with Gasteiger partial charge in [0.1, 0.15) is 5.69 Å². The first-order valence-electron chi connectivity index (χ1n) is 6.42. The molecule has 1 aromatic heterocycles. The van der Waals surface area contributed by atoms with E-state index in [1.165, 1.54) is 0 Å². The Labute approximate surface area is 126 Å². The highest BCUT2D eigenvalue weighted by atomic mass is 19.1. The van der Waals surface area contributed by atoms with Crippen molar-refractivity contribution in [3.63, 3.8) is 0 Å². The first-order chi connectivity index (χ1) is 10.5. The number of benzene rings is 1. The maximum absolute atomic E-state index is 13.7. The number of carbonyl (C=O) groups is 1. The van der Waals surface area contributed by atoms with E-state index in [1.54, 1.807) is 12.1 Å². The zero-order chi connectivity index (χ0) is 16.1. The number of pyridine rings is 1. The van der Waals surface area contributed by atoms with Crippen LogP contribution in [0.5, 0.6) is 0 Å². The summed E-state index contributed by atoms with van der Waals surface area (Å²) < 4.78 is 27.4. The molecule has 1 heterocycles. The van der Waals surface area contributed by atoms with Crippen LogP contribution in [0.2, 0.25) is 0 Å². The van der Waals surface area contributed by atoms with Crippen LogP contribution in [-0.2, 0) is 6.54 Å². The van der Waals surface area contributed by atoms with Crippen LogP contribution in [0.1, 0.15) is 17.0 Å². The van der Waals surface area contributed by atoms with Crippen molar-refractivity contribution in [1.29, 1.82) is 0 Å². The van der Waals surface area contributed by atoms with Crippen LogP contribution >= 0.6 is 0 Å². The largest absolute Gasteiger partial charge is 0.332 e. The standard InChI is InChI=1S/C16H13F2N3O/c1-3-11-7-13(17)15(14(18)8-11)21-16(22)19-9-12-6-4-5-10(2)20-12/h1,4-8H,9H2,2H3,(H2,19,21,22). The molecule has 0 atom stereocenters. The predicted molar refractivity (Wildman–Crippen MR) is 79.1 cm³/mol. The molecule has 0 saturated carbocycles. The molecule has 0 bridgehead atoms. The lowest BCUT2D eigenvalue weighted by atomic mass is 10.2. The zero-order valence-electron chi connectivity index (χ0n) is 11.8. The molecule has 0 unspecified atom stereocenters. The molecule has 4 nitrogen and oxygen atoms in total. The van der Waals surface area contributed by atoms with Gasteiger partial charge in [-0.1, -0.05) is 12.0 Å². The van der Waals surface area contributed by atoms with Crippen LogP contribution in [0, 0.1) is 30.9 Å². The Morgan fingerprint density at radius 3 is 2.59 bits per heavy atom. The topological polar surface area (TPSA) is 54.0 Å². The minimum Gasteiger partial charge on any atom is -0.332 e. The van der Waals surface area contributed by atoms with Crippen LogP contribution in [0.3, 0.4) is 0 Å². The third kappa shape index (κ3) is 3.79. The van der Waals surface area contributed by atoms with Crippen molar-refractivity contribution < 1.29 is 13.6 Å². The number of aromatic nitrogens is 1. The highest BCUT2D eigenvalue weighted by molar-refractivity contribution is 5.89. The van der Waals surface area contributed by atoms with Gasteiger partial charge >= 0.3 is 6.03 Å². The Morgan fingerprint density at radius 2 is 2.00 bits per heavy atom. The summed E-state index contributed by atoms with van der Waals surface area (Å²) in [4.78, 5) is 15.9. The van der Waals surface area contributed by atoms with Crippen molar-refractivity contribution in [2.75, 3.05) is 5.32 Å². The maximum atomic E-state index is 13.7. The third-order valence-corrected chi connectivity index (χ3v) is 2.82. The number of nitrogens with one attached hydrogen (secondary N) is 2. The van der Waals surface area contributed by atoms with Gasteiger partial charge in [0.25, 0.3) is 0 Å². The van der Waals surface area contributed by atoms with Gasteiger partial charge in [-0.2, -0.15) is 0 Å². The summed E-state index contributed by atoms with van der Waals surface area (Å²) >= 11 is 0. The molecule has 0 aliphatic carbocycles. The van der Waals surface area contributed by atoms with Gasteiger partial charge in [0, 0.05) is 11.3 Å². The van der Waals surface area contributed by atoms with E-state index in [0.29, 0.717) is 5.69 Å². The highest BCUT2D eigenvalue weighted by Gasteiger charge is 2.13. The highest BCUT2D eigenvalue weighted by Crippen LogP contribution is 2.20. The lowest BCUT2D eigenvalue weighted by Gasteiger charge is -2.10. The Hall–Kier alpha value is -2.94. The molecular weight excluding hydrogens is 288 g/mol. The number of hydrogen-bond donors (Lipinski definition) is 2. The van der Waals surface area contributed by atoms with Gasteiger partial charge in [0.2, 0.25) is 0 Å². The van der Waals surface area contributed by atoms with E-state index < -0.39 is 23.4 Å². The molecule has 0 saturated heterocycles. The average molecular weight is 301 g/mol. The molecule has 6 heteroatoms. The minimum atomic E-state index is -0.934. The zero-order valence-corrected chi connectivity index (χ0v) is 11.8. The smallest absolute Gasteiger partial charge is 0.319 e. The van der Waals surface area contributed by atoms with Gasteiger partial charge in [-0.15, -0.1) is 6.42 Å². The SMILES string of the molecule is C#Cc1cc(F)c(NC(=O)NCc2cccc(C)n2)c(F)c1. The normalized spacial score (nSPS) is 9.91. The van der Waals surface area contributed by atoms with E-state index in [-0.39, 0.29) is 12.1 Å². The fraction of sp³-hybridized carbons (Fsp3) is 0.125. The molecule has 0 radical (unpaired) electrons. The number of hydrogen-bond acceptors (Lipinski definition) is 2. The van der Waals surface area contributed by atoms with Gasteiger partial charge in [0.05, 0.1) is 12.2 Å². The van der Waals surface area contributed by atoms with E-state index >= 15 is 0 Å². The third-order valence-electron chi connectivity index (χ3n) is 2.82. The summed E-state index contributed by atoms with van der Waals surface area (Å²) in [5, 5.41) is 4.59. The first kappa shape index (κ1) is 15.4. The second-order valence-corrected chi connectivity index (χ2v) is 4.54. The summed E-state index contributed by atoms with van der Waals surface area (Å²) in [5.74, 6) is 0.257. The molecule has 2 aromatic rings. The monoisotopic (exact) mass is 301 g/mol. The van der Waals surface area contributed by atoms with Crippen molar-refractivity contribution in [2.24, 2.45) is 0 Å². The summed E-state index contributed by atoms with van der Waals surface area (Å²) in [6, 6.07) is 6.56. The minimum absolute atomic E-state index is 0.0601. The van der Waals surface area contributed by atoms with Crippen molar-refractivity contribution in [2.45, 2.75) is 13.5 Å². The number of anilines is 1. The molecule has 2 N–H and O–H groups in total. The number of terminal acetylenes is 1. The quantitative estimate of drug-likeness (QED) is 0.856. The van der Waals surface area contributed by atoms with Crippen LogP contribution < -0.4 is 10.6 Å². The molecule has 1 aromatic carbocycles. The van der Waals surface area contributed by atoms with Crippen LogP contribution in [0.4, 0.5) is 19.3 Å². The number of rotatable bonds is 3. The van der Waals surface area contributed by atoms with Gasteiger partial charge in [0.15, 0.2) is 11.6 Å². The molecule has 0 aliphatic rings. The number of amides is 2. The van der Waals surface area contributed by atoms with E-state index in [4.69, 9.17) is 6.42 Å². The van der Waals surface area contributed by atoms with Crippen LogP contribution in [0.25, 0.3) is 0 Å². The summed E-state index contributed by atoms with van der Waals surface area (Å²) in [5.41, 5.74) is 0.957. The van der Waals surface area contributed by atoms with Gasteiger partial charge in [-0.3, -0.25) is 4.98 Å². The molecule has 0 spiro atoms. The molecule has 2 rings (SSSR count). The Kier molecular flexibility index (Phi) is 4.69. The number of urea groups is 1. The molecule has 0 aliphatic heterocycles.